The Morgan fingerprint density at radius 3 is 2.86 bits per heavy atom. The van der Waals surface area contributed by atoms with Crippen molar-refractivity contribution in [2.24, 2.45) is 5.73 Å². The number of nitrogens with zero attached hydrogens (tertiary/aromatic N) is 2. The number of aromatic nitrogens is 1. The van der Waals surface area contributed by atoms with E-state index in [0.717, 1.165) is 10.8 Å². The van der Waals surface area contributed by atoms with E-state index in [-0.39, 0.29) is 0 Å². The van der Waals surface area contributed by atoms with Crippen LogP contribution in [-0.4, -0.2) is 18.1 Å². The Balaban J connectivity index is 2.05. The Bertz CT molecular complexity index is 291. The van der Waals surface area contributed by atoms with Gasteiger partial charge in [-0.1, -0.05) is 12.8 Å². The highest BCUT2D eigenvalue weighted by molar-refractivity contribution is 7.13. The van der Waals surface area contributed by atoms with Crippen LogP contribution in [0.2, 0.25) is 0 Å². The monoisotopic (exact) mass is 211 g/mol. The molecule has 1 aliphatic rings. The first-order chi connectivity index (χ1) is 6.81. The highest BCUT2D eigenvalue weighted by Crippen LogP contribution is 2.28. The molecular formula is C10H17N3S. The van der Waals surface area contributed by atoms with Crippen LogP contribution in [0.1, 0.15) is 31.4 Å². The lowest BCUT2D eigenvalue weighted by Crippen LogP contribution is -2.28. The summed E-state index contributed by atoms with van der Waals surface area (Å²) in [6.07, 6.45) is 5.36. The van der Waals surface area contributed by atoms with E-state index in [4.69, 9.17) is 5.73 Å². The molecule has 0 atom stereocenters. The van der Waals surface area contributed by atoms with Gasteiger partial charge in [-0.2, -0.15) is 0 Å². The molecule has 1 aromatic heterocycles. The fourth-order valence-corrected chi connectivity index (χ4v) is 2.88. The van der Waals surface area contributed by atoms with Crippen LogP contribution in [0.4, 0.5) is 5.13 Å². The fraction of sp³-hybridized carbons (Fsp3) is 0.700. The van der Waals surface area contributed by atoms with Crippen molar-refractivity contribution < 1.29 is 0 Å². The van der Waals surface area contributed by atoms with Crippen molar-refractivity contribution in [3.8, 4) is 0 Å². The third-order valence-electron chi connectivity index (χ3n) is 2.92. The Morgan fingerprint density at radius 2 is 2.29 bits per heavy atom. The maximum Gasteiger partial charge on any atom is 0.185 e. The highest BCUT2D eigenvalue weighted by atomic mass is 32.1. The van der Waals surface area contributed by atoms with Crippen molar-refractivity contribution in [1.82, 2.24) is 4.98 Å². The summed E-state index contributed by atoms with van der Waals surface area (Å²) in [4.78, 5) is 6.81. The van der Waals surface area contributed by atoms with E-state index in [9.17, 15) is 0 Å². The molecule has 1 aliphatic carbocycles. The molecule has 1 fully saturated rings. The van der Waals surface area contributed by atoms with Gasteiger partial charge in [0.15, 0.2) is 5.13 Å². The summed E-state index contributed by atoms with van der Waals surface area (Å²) in [5.74, 6) is 0. The zero-order valence-corrected chi connectivity index (χ0v) is 9.39. The van der Waals surface area contributed by atoms with Crippen LogP contribution < -0.4 is 10.6 Å². The van der Waals surface area contributed by atoms with Crippen molar-refractivity contribution in [2.75, 3.05) is 11.9 Å². The van der Waals surface area contributed by atoms with Crippen molar-refractivity contribution >= 4 is 16.5 Å². The second-order valence-corrected chi connectivity index (χ2v) is 4.71. The number of rotatable bonds is 3. The molecule has 1 heterocycles. The lowest BCUT2D eigenvalue weighted by atomic mass is 10.2. The van der Waals surface area contributed by atoms with E-state index in [0.29, 0.717) is 12.6 Å². The first-order valence-electron chi connectivity index (χ1n) is 5.18. The number of hydrogen-bond donors (Lipinski definition) is 1. The van der Waals surface area contributed by atoms with Crippen LogP contribution in [0.5, 0.6) is 0 Å². The first-order valence-corrected chi connectivity index (χ1v) is 6.06. The quantitative estimate of drug-likeness (QED) is 0.831. The van der Waals surface area contributed by atoms with Crippen molar-refractivity contribution in [3.63, 3.8) is 0 Å². The molecular weight excluding hydrogens is 194 g/mol. The lowest BCUT2D eigenvalue weighted by molar-refractivity contribution is 0.651. The molecule has 0 spiro atoms. The summed E-state index contributed by atoms with van der Waals surface area (Å²) in [7, 11) is 2.15. The van der Waals surface area contributed by atoms with Crippen LogP contribution in [0.3, 0.4) is 0 Å². The molecule has 0 amide bonds. The van der Waals surface area contributed by atoms with Crippen molar-refractivity contribution in [2.45, 2.75) is 38.3 Å². The molecule has 0 bridgehead atoms. The normalized spacial score (nSPS) is 17.6. The van der Waals surface area contributed by atoms with Crippen molar-refractivity contribution in [3.05, 3.63) is 11.1 Å². The molecule has 2 N–H and O–H groups in total. The standard InChI is InChI=1S/C10H17N3S/c1-13(9-4-2-3-5-9)10-12-8(6-11)7-14-10/h7,9H,2-6,11H2,1H3. The van der Waals surface area contributed by atoms with Gasteiger partial charge in [-0.3, -0.25) is 0 Å². The van der Waals surface area contributed by atoms with Gasteiger partial charge in [0.2, 0.25) is 0 Å². The summed E-state index contributed by atoms with van der Waals surface area (Å²) in [6.45, 7) is 0.551. The zero-order chi connectivity index (χ0) is 9.97. The lowest BCUT2D eigenvalue weighted by Gasteiger charge is -2.23. The number of thiazole rings is 1. The maximum absolute atomic E-state index is 5.54. The molecule has 14 heavy (non-hydrogen) atoms. The Labute approximate surface area is 88.9 Å². The van der Waals surface area contributed by atoms with Gasteiger partial charge in [-0.05, 0) is 12.8 Å². The molecule has 0 aromatic carbocycles. The second-order valence-electron chi connectivity index (χ2n) is 3.87. The molecule has 0 saturated heterocycles. The first kappa shape index (κ1) is 9.93. The highest BCUT2D eigenvalue weighted by Gasteiger charge is 2.21. The van der Waals surface area contributed by atoms with Gasteiger partial charge in [-0.15, -0.1) is 11.3 Å². The largest absolute Gasteiger partial charge is 0.348 e. The van der Waals surface area contributed by atoms with E-state index in [1.807, 2.05) is 0 Å². The van der Waals surface area contributed by atoms with Gasteiger partial charge in [0.25, 0.3) is 0 Å². The third-order valence-corrected chi connectivity index (χ3v) is 3.90. The van der Waals surface area contributed by atoms with Gasteiger partial charge < -0.3 is 10.6 Å². The van der Waals surface area contributed by atoms with E-state index in [2.05, 4.69) is 22.3 Å². The van der Waals surface area contributed by atoms with Gasteiger partial charge in [0, 0.05) is 25.0 Å². The van der Waals surface area contributed by atoms with Crippen LogP contribution in [-0.2, 0) is 6.54 Å². The van der Waals surface area contributed by atoms with Gasteiger partial charge in [0.05, 0.1) is 5.69 Å². The van der Waals surface area contributed by atoms with Gasteiger partial charge >= 0.3 is 0 Å². The van der Waals surface area contributed by atoms with Gasteiger partial charge in [0.1, 0.15) is 0 Å². The predicted molar refractivity (Wildman–Crippen MR) is 60.7 cm³/mol. The average molecular weight is 211 g/mol. The number of hydrogen-bond acceptors (Lipinski definition) is 4. The molecule has 1 aromatic rings. The maximum atomic E-state index is 5.54. The molecule has 1 saturated carbocycles. The number of nitrogens with two attached hydrogens (primary N) is 1. The molecule has 0 unspecified atom stereocenters. The van der Waals surface area contributed by atoms with Crippen LogP contribution in [0, 0.1) is 0 Å². The number of anilines is 1. The van der Waals surface area contributed by atoms with Crippen LogP contribution in [0.25, 0.3) is 0 Å². The second kappa shape index (κ2) is 4.28. The molecule has 4 heteroatoms. The summed E-state index contributed by atoms with van der Waals surface area (Å²) in [5.41, 5.74) is 6.55. The van der Waals surface area contributed by atoms with E-state index in [1.165, 1.54) is 25.7 Å². The van der Waals surface area contributed by atoms with E-state index < -0.39 is 0 Å². The SMILES string of the molecule is CN(c1nc(CN)cs1)C1CCCC1. The summed E-state index contributed by atoms with van der Waals surface area (Å²) in [5, 5.41) is 3.18. The zero-order valence-electron chi connectivity index (χ0n) is 8.57. The van der Waals surface area contributed by atoms with E-state index in [1.54, 1.807) is 11.3 Å². The van der Waals surface area contributed by atoms with Gasteiger partial charge in [-0.25, -0.2) is 4.98 Å². The summed E-state index contributed by atoms with van der Waals surface area (Å²) < 4.78 is 0. The van der Waals surface area contributed by atoms with Crippen LogP contribution in [0.15, 0.2) is 5.38 Å². The summed E-state index contributed by atoms with van der Waals surface area (Å²) in [6, 6.07) is 0.701. The molecule has 0 radical (unpaired) electrons. The predicted octanol–water partition coefficient (Wildman–Crippen LogP) is 1.98. The topological polar surface area (TPSA) is 42.2 Å². The summed E-state index contributed by atoms with van der Waals surface area (Å²) >= 11 is 1.70. The Morgan fingerprint density at radius 1 is 1.57 bits per heavy atom. The van der Waals surface area contributed by atoms with Crippen LogP contribution >= 0.6 is 11.3 Å². The molecule has 3 nitrogen and oxygen atoms in total. The minimum Gasteiger partial charge on any atom is -0.348 e. The Kier molecular flexibility index (Phi) is 3.03. The minimum atomic E-state index is 0.551. The average Bonchev–Trinajstić information content (AvgIpc) is 2.88. The third kappa shape index (κ3) is 1.91. The smallest absolute Gasteiger partial charge is 0.185 e. The molecule has 78 valence electrons. The Hall–Kier alpha value is -0.610. The van der Waals surface area contributed by atoms with Crippen molar-refractivity contribution in [1.29, 1.82) is 0 Å². The van der Waals surface area contributed by atoms with E-state index >= 15 is 0 Å². The fourth-order valence-electron chi connectivity index (χ4n) is 2.00. The molecule has 0 aliphatic heterocycles. The molecule has 2 rings (SSSR count). The minimum absolute atomic E-state index is 0.551.